The molecule has 1 aliphatic carbocycles. The summed E-state index contributed by atoms with van der Waals surface area (Å²) in [4.78, 5) is 12.4. The van der Waals surface area contributed by atoms with Crippen LogP contribution in [0.1, 0.15) is 47.9 Å². The number of amides is 1. The van der Waals surface area contributed by atoms with Crippen LogP contribution in [0.4, 0.5) is 10.5 Å². The normalized spacial score (nSPS) is 14.0. The van der Waals surface area contributed by atoms with Gasteiger partial charge in [-0.05, 0) is 85.2 Å². The summed E-state index contributed by atoms with van der Waals surface area (Å²) in [7, 11) is -0.722. The van der Waals surface area contributed by atoms with E-state index in [0.717, 1.165) is 47.7 Å². The molecule has 1 aromatic heterocycles. The Morgan fingerprint density at radius 1 is 1.07 bits per heavy atom. The Labute approximate surface area is 288 Å². The topological polar surface area (TPSA) is 122 Å². The van der Waals surface area contributed by atoms with Gasteiger partial charge in [-0.25, -0.2) is 4.79 Å². The van der Waals surface area contributed by atoms with E-state index in [-0.39, 0.29) is 67.9 Å². The van der Waals surface area contributed by atoms with Crippen molar-refractivity contribution in [3.05, 3.63) is 89.1 Å². The molecule has 0 radical (unpaired) electrons. The van der Waals surface area contributed by atoms with E-state index in [4.69, 9.17) is 9.47 Å². The van der Waals surface area contributed by atoms with Crippen LogP contribution in [0.3, 0.4) is 0 Å². The van der Waals surface area contributed by atoms with Crippen molar-refractivity contribution in [1.29, 1.82) is 0 Å². The molecule has 1 saturated carbocycles. The number of hydrogen-bond acceptors (Lipinski definition) is 6. The van der Waals surface area contributed by atoms with Crippen molar-refractivity contribution in [2.45, 2.75) is 50.0 Å². The fourth-order valence-electron chi connectivity index (χ4n) is 5.28. The van der Waals surface area contributed by atoms with Crippen molar-refractivity contribution < 1.29 is 79.2 Å². The summed E-state index contributed by atoms with van der Waals surface area (Å²) < 4.78 is 42.2. The van der Waals surface area contributed by atoms with Crippen LogP contribution in [0.5, 0.6) is 5.75 Å². The molecule has 9 nitrogen and oxygen atoms in total. The summed E-state index contributed by atoms with van der Waals surface area (Å²) in [5.74, 6) is -0.436. The van der Waals surface area contributed by atoms with Gasteiger partial charge in [-0.1, -0.05) is 30.3 Å². The third-order valence-electron chi connectivity index (χ3n) is 7.38. The van der Waals surface area contributed by atoms with Gasteiger partial charge in [0.15, 0.2) is 0 Å². The number of rotatable bonds is 8. The molecule has 1 aliphatic rings. The van der Waals surface area contributed by atoms with Crippen molar-refractivity contribution >= 4 is 38.6 Å². The maximum atomic E-state index is 12.8. The van der Waals surface area contributed by atoms with Crippen LogP contribution in [0.25, 0.3) is 10.9 Å². The first kappa shape index (κ1) is 32.2. The van der Waals surface area contributed by atoms with Gasteiger partial charge in [-0.2, -0.15) is 12.8 Å². The van der Waals surface area contributed by atoms with Gasteiger partial charge in [-0.15, -0.1) is 0 Å². The van der Waals surface area contributed by atoms with Crippen molar-refractivity contribution in [3.63, 3.8) is 0 Å². The number of ether oxygens (including phenoxy) is 2. The molecular weight excluding hydrogens is 582 g/mol. The van der Waals surface area contributed by atoms with Crippen molar-refractivity contribution in [1.82, 2.24) is 4.57 Å². The third-order valence-corrected chi connectivity index (χ3v) is 8.80. The predicted octanol–water partition coefficient (Wildman–Crippen LogP) is 2.08. The molecule has 4 aromatic rings. The van der Waals surface area contributed by atoms with Crippen LogP contribution >= 0.6 is 0 Å². The third kappa shape index (κ3) is 7.27. The summed E-state index contributed by atoms with van der Waals surface area (Å²) in [6.45, 7) is 1.65. The zero-order valence-corrected chi connectivity index (χ0v) is 28.2. The second-order valence-electron chi connectivity index (χ2n) is 10.3. The summed E-state index contributed by atoms with van der Waals surface area (Å²) >= 11 is 0. The maximum absolute atomic E-state index is 12.8. The van der Waals surface area contributed by atoms with E-state index in [9.17, 15) is 18.3 Å². The number of nitrogens with one attached hydrogen (secondary N) is 1. The zero-order valence-electron chi connectivity index (χ0n) is 24.2. The van der Waals surface area contributed by atoms with E-state index in [1.165, 1.54) is 19.2 Å². The van der Waals surface area contributed by atoms with Crippen molar-refractivity contribution in [2.75, 3.05) is 12.4 Å². The Hall–Kier alpha value is -2.67. The van der Waals surface area contributed by atoms with E-state index < -0.39 is 22.0 Å². The second kappa shape index (κ2) is 13.7. The molecule has 0 atom stereocenters. The first-order chi connectivity index (χ1) is 19.6. The van der Waals surface area contributed by atoms with Gasteiger partial charge in [0.25, 0.3) is 10.0 Å². The van der Waals surface area contributed by atoms with E-state index in [0.29, 0.717) is 23.4 Å². The predicted molar refractivity (Wildman–Crippen MR) is 156 cm³/mol. The van der Waals surface area contributed by atoms with Crippen molar-refractivity contribution in [2.24, 2.45) is 11.4 Å². The molecular formula is C31H32KN3O6S. The average Bonchev–Trinajstić information content (AvgIpc) is 3.56. The smallest absolute Gasteiger partial charge is 0.858 e. The molecule has 5 rings (SSSR count). The summed E-state index contributed by atoms with van der Waals surface area (Å²) in [6, 6.07) is 16.9. The van der Waals surface area contributed by atoms with Crippen LogP contribution in [0.2, 0.25) is 0 Å². The second-order valence-corrected chi connectivity index (χ2v) is 11.8. The molecule has 0 aliphatic heterocycles. The van der Waals surface area contributed by atoms with E-state index in [1.54, 1.807) is 37.3 Å². The van der Waals surface area contributed by atoms with Crippen LogP contribution in [-0.4, -0.2) is 38.2 Å². The standard InChI is InChI=1S/C31H33N3O6S.K/c1-20-8-4-7-11-29(20)41(37,38)33-30(35)22-13-12-21(28(17-22)39-3)16-23-19-34(2)27-15-14-24(18-26(23)27)32-31(36)40-25-9-5-6-10-25;/h4,7-8,11-15,17-19,25H,5-6,9-10,16H2,1-3H3,(H,32,36)(H,33,35);/q;+1/p-1. The van der Waals surface area contributed by atoms with Gasteiger partial charge in [0, 0.05) is 42.2 Å². The minimum absolute atomic E-state index is 0. The number of carbonyl (C=O) groups is 1. The molecule has 42 heavy (non-hydrogen) atoms. The SMILES string of the molecule is COc1cc(/C([O-])=N/S(=O)(=O)c2ccccc2C)ccc1Cc1cn(C)c2ccc(NC(=O)OC3CCCC3)cc12.[K+]. The van der Waals surface area contributed by atoms with Gasteiger partial charge in [0.2, 0.25) is 0 Å². The van der Waals surface area contributed by atoms with E-state index in [2.05, 4.69) is 9.71 Å². The molecule has 0 unspecified atom stereocenters. The van der Waals surface area contributed by atoms with Gasteiger partial charge >= 0.3 is 57.5 Å². The fraction of sp³-hybridized carbons (Fsp3) is 0.290. The molecule has 3 aromatic carbocycles. The number of aromatic nitrogens is 1. The molecule has 1 N–H and O–H groups in total. The molecule has 214 valence electrons. The largest absolute Gasteiger partial charge is 1.00 e. The molecule has 1 heterocycles. The Bertz CT molecular complexity index is 1740. The van der Waals surface area contributed by atoms with E-state index >= 15 is 0 Å². The maximum Gasteiger partial charge on any atom is 1.00 e. The summed E-state index contributed by atoms with van der Waals surface area (Å²) in [5.41, 5.74) is 4.03. The Morgan fingerprint density at radius 3 is 2.52 bits per heavy atom. The summed E-state index contributed by atoms with van der Waals surface area (Å²) in [5, 5.41) is 16.6. The number of aryl methyl sites for hydroxylation is 2. The molecule has 11 heteroatoms. The van der Waals surface area contributed by atoms with Gasteiger partial charge < -0.3 is 19.1 Å². The Balaban J connectivity index is 0.00000405. The number of fused-ring (bicyclic) bond motifs is 1. The number of anilines is 1. The average molecular weight is 614 g/mol. The van der Waals surface area contributed by atoms with Crippen LogP contribution in [0, 0.1) is 6.92 Å². The minimum atomic E-state index is -4.16. The number of nitrogens with zero attached hydrogens (tertiary/aromatic N) is 2. The zero-order chi connectivity index (χ0) is 29.1. The fourth-order valence-corrected chi connectivity index (χ4v) is 6.43. The molecule has 1 fully saturated rings. The first-order valence-electron chi connectivity index (χ1n) is 13.4. The van der Waals surface area contributed by atoms with Gasteiger partial charge in [-0.3, -0.25) is 5.32 Å². The van der Waals surface area contributed by atoms with Gasteiger partial charge in [0.05, 0.1) is 12.0 Å². The molecule has 0 saturated heterocycles. The Morgan fingerprint density at radius 2 is 1.81 bits per heavy atom. The van der Waals surface area contributed by atoms with Crippen LogP contribution in [0.15, 0.2) is 76.2 Å². The first-order valence-corrected chi connectivity index (χ1v) is 14.9. The van der Waals surface area contributed by atoms with E-state index in [1.807, 2.05) is 36.0 Å². The van der Waals surface area contributed by atoms with Crippen LogP contribution in [-0.2, 0) is 28.2 Å². The monoisotopic (exact) mass is 613 g/mol. The molecule has 0 bridgehead atoms. The molecule has 1 amide bonds. The number of benzene rings is 3. The van der Waals surface area contributed by atoms with Gasteiger partial charge in [0.1, 0.15) is 11.9 Å². The number of carbonyl (C=O) groups excluding carboxylic acids is 1. The quantitative estimate of drug-likeness (QED) is 0.185. The number of hydrogen-bond donors (Lipinski definition) is 1. The summed E-state index contributed by atoms with van der Waals surface area (Å²) in [6.07, 6.45) is 5.97. The van der Waals surface area contributed by atoms with Crippen molar-refractivity contribution in [3.8, 4) is 5.75 Å². The molecule has 0 spiro atoms. The number of sulfonamides is 1. The number of methoxy groups -OCH3 is 1. The minimum Gasteiger partial charge on any atom is -0.858 e. The Kier molecular flexibility index (Phi) is 10.6. The van der Waals surface area contributed by atoms with Crippen LogP contribution < -0.4 is 66.5 Å².